The van der Waals surface area contributed by atoms with Crippen molar-refractivity contribution in [2.45, 2.75) is 89.6 Å². The molecule has 0 amide bonds. The molecule has 1 spiro atoms. The Kier molecular flexibility index (Phi) is 5.74. The summed E-state index contributed by atoms with van der Waals surface area (Å²) in [5.74, 6) is 4.13. The lowest BCUT2D eigenvalue weighted by molar-refractivity contribution is -0.0468. The predicted octanol–water partition coefficient (Wildman–Crippen LogP) is 5.33. The minimum absolute atomic E-state index is 0.168. The van der Waals surface area contributed by atoms with Gasteiger partial charge in [-0.2, -0.15) is 0 Å². The number of allylic oxidation sites excluding steroid dienone is 2. The van der Waals surface area contributed by atoms with Gasteiger partial charge >= 0.3 is 0 Å². The average Bonchev–Trinajstić information content (AvgIpc) is 2.75. The summed E-state index contributed by atoms with van der Waals surface area (Å²) in [6, 6.07) is 0. The number of ether oxygens (including phenoxy) is 1. The molecule has 2 fully saturated rings. The monoisotopic (exact) mass is 304 g/mol. The van der Waals surface area contributed by atoms with Crippen LogP contribution >= 0.6 is 0 Å². The molecule has 0 aromatic rings. The Labute approximate surface area is 132 Å². The van der Waals surface area contributed by atoms with Crippen molar-refractivity contribution in [2.24, 2.45) is 5.92 Å². The lowest BCUT2D eigenvalue weighted by atomic mass is 9.79. The van der Waals surface area contributed by atoms with Gasteiger partial charge < -0.3 is 4.74 Å². The average molecular weight is 305 g/mol. The molecule has 0 aromatic heterocycles. The molecule has 1 aliphatic heterocycles. The van der Waals surface area contributed by atoms with E-state index in [1.807, 2.05) is 0 Å². The second-order valence-corrected chi connectivity index (χ2v) is 12.6. The SMILES string of the molecule is CC/C=C\C[C@H]1CC2(CCCCC2)O[C@H]1C#C[Si](C)(C)C. The summed E-state index contributed by atoms with van der Waals surface area (Å²) in [4.78, 5) is 0. The fraction of sp³-hybridized carbons (Fsp3) is 0.789. The Balaban J connectivity index is 2.09. The summed E-state index contributed by atoms with van der Waals surface area (Å²) in [6.45, 7) is 9.15. The maximum absolute atomic E-state index is 6.54. The highest BCUT2D eigenvalue weighted by Gasteiger charge is 2.45. The number of rotatable bonds is 3. The van der Waals surface area contributed by atoms with Crippen molar-refractivity contribution < 1.29 is 4.74 Å². The van der Waals surface area contributed by atoms with Crippen LogP contribution in [0.1, 0.15) is 58.3 Å². The second kappa shape index (κ2) is 7.16. The van der Waals surface area contributed by atoms with Gasteiger partial charge in [0.2, 0.25) is 0 Å². The third kappa shape index (κ3) is 5.00. The lowest BCUT2D eigenvalue weighted by Gasteiger charge is -2.32. The van der Waals surface area contributed by atoms with Gasteiger partial charge in [0.25, 0.3) is 0 Å². The van der Waals surface area contributed by atoms with E-state index >= 15 is 0 Å². The first-order chi connectivity index (χ1) is 9.94. The summed E-state index contributed by atoms with van der Waals surface area (Å²) >= 11 is 0. The van der Waals surface area contributed by atoms with Crippen molar-refractivity contribution in [3.05, 3.63) is 12.2 Å². The molecule has 118 valence electrons. The van der Waals surface area contributed by atoms with E-state index in [1.54, 1.807) is 0 Å². The molecule has 21 heavy (non-hydrogen) atoms. The molecule has 1 aliphatic carbocycles. The van der Waals surface area contributed by atoms with Gasteiger partial charge in [-0.3, -0.25) is 0 Å². The van der Waals surface area contributed by atoms with Crippen LogP contribution < -0.4 is 0 Å². The van der Waals surface area contributed by atoms with E-state index in [1.165, 1.54) is 38.5 Å². The van der Waals surface area contributed by atoms with Crippen molar-refractivity contribution in [3.63, 3.8) is 0 Å². The first kappa shape index (κ1) is 16.8. The zero-order chi connectivity index (χ0) is 15.3. The highest BCUT2D eigenvalue weighted by Crippen LogP contribution is 2.45. The van der Waals surface area contributed by atoms with Crippen molar-refractivity contribution in [3.8, 4) is 11.5 Å². The third-order valence-electron chi connectivity index (χ3n) is 4.63. The molecule has 2 rings (SSSR count). The highest BCUT2D eigenvalue weighted by atomic mass is 28.3. The largest absolute Gasteiger partial charge is 0.359 e. The first-order valence-electron chi connectivity index (χ1n) is 8.80. The van der Waals surface area contributed by atoms with Gasteiger partial charge in [0.1, 0.15) is 14.2 Å². The van der Waals surface area contributed by atoms with Crippen LogP contribution in [0.25, 0.3) is 0 Å². The maximum Gasteiger partial charge on any atom is 0.129 e. The van der Waals surface area contributed by atoms with Gasteiger partial charge in [-0.05, 0) is 32.1 Å². The van der Waals surface area contributed by atoms with E-state index in [-0.39, 0.29) is 11.7 Å². The smallest absolute Gasteiger partial charge is 0.129 e. The van der Waals surface area contributed by atoms with Crippen LogP contribution in [0.2, 0.25) is 19.6 Å². The van der Waals surface area contributed by atoms with Gasteiger partial charge in [0.05, 0.1) is 5.60 Å². The fourth-order valence-electron chi connectivity index (χ4n) is 3.60. The highest BCUT2D eigenvalue weighted by molar-refractivity contribution is 6.83. The number of hydrogen-bond acceptors (Lipinski definition) is 1. The molecule has 1 saturated carbocycles. The first-order valence-corrected chi connectivity index (χ1v) is 12.3. The van der Waals surface area contributed by atoms with Gasteiger partial charge in [0, 0.05) is 5.92 Å². The van der Waals surface area contributed by atoms with Crippen LogP contribution in [-0.2, 0) is 4.74 Å². The standard InChI is InChI=1S/C19H32OSi/c1-5-6-8-11-17-16-19(13-9-7-10-14-19)20-18(17)12-15-21(2,3)4/h6,8,17-18H,5,7,9-11,13-14,16H2,1-4H3/b8-6-/t17-,18-/m0/s1. The van der Waals surface area contributed by atoms with Crippen molar-refractivity contribution >= 4 is 8.07 Å². The Morgan fingerprint density at radius 3 is 2.48 bits per heavy atom. The van der Waals surface area contributed by atoms with Gasteiger partial charge in [-0.25, -0.2) is 0 Å². The molecular formula is C19H32OSi. The molecule has 2 aliphatic rings. The topological polar surface area (TPSA) is 9.23 Å². The minimum atomic E-state index is -1.31. The Bertz CT molecular complexity index is 415. The van der Waals surface area contributed by atoms with E-state index in [2.05, 4.69) is 50.2 Å². The molecule has 1 saturated heterocycles. The van der Waals surface area contributed by atoms with Crippen LogP contribution in [0.5, 0.6) is 0 Å². The molecule has 1 nitrogen and oxygen atoms in total. The Morgan fingerprint density at radius 1 is 1.14 bits per heavy atom. The Morgan fingerprint density at radius 2 is 1.86 bits per heavy atom. The molecule has 2 heteroatoms. The van der Waals surface area contributed by atoms with Crippen LogP contribution in [0.4, 0.5) is 0 Å². The van der Waals surface area contributed by atoms with E-state index in [4.69, 9.17) is 4.74 Å². The van der Waals surface area contributed by atoms with Gasteiger partial charge in [-0.1, -0.05) is 63.9 Å². The summed E-state index contributed by atoms with van der Waals surface area (Å²) in [5.41, 5.74) is 3.71. The zero-order valence-electron chi connectivity index (χ0n) is 14.4. The van der Waals surface area contributed by atoms with E-state index in [0.29, 0.717) is 5.92 Å². The van der Waals surface area contributed by atoms with Crippen LogP contribution in [0, 0.1) is 17.4 Å². The van der Waals surface area contributed by atoms with Crippen molar-refractivity contribution in [1.82, 2.24) is 0 Å². The second-order valence-electron chi connectivity index (χ2n) is 7.88. The fourth-order valence-corrected chi connectivity index (χ4v) is 4.17. The molecule has 0 bridgehead atoms. The van der Waals surface area contributed by atoms with E-state index in [0.717, 1.165) is 12.8 Å². The minimum Gasteiger partial charge on any atom is -0.359 e. The Hall–Kier alpha value is -0.523. The maximum atomic E-state index is 6.54. The molecule has 1 heterocycles. The number of hydrogen-bond donors (Lipinski definition) is 0. The van der Waals surface area contributed by atoms with Gasteiger partial charge in [0.15, 0.2) is 0 Å². The van der Waals surface area contributed by atoms with Crippen LogP contribution in [0.15, 0.2) is 12.2 Å². The summed E-state index contributed by atoms with van der Waals surface area (Å²) in [6.07, 6.45) is 14.9. The van der Waals surface area contributed by atoms with Crippen molar-refractivity contribution in [2.75, 3.05) is 0 Å². The summed E-state index contributed by atoms with van der Waals surface area (Å²) < 4.78 is 6.54. The van der Waals surface area contributed by atoms with Crippen molar-refractivity contribution in [1.29, 1.82) is 0 Å². The molecule has 0 unspecified atom stereocenters. The lowest BCUT2D eigenvalue weighted by Crippen LogP contribution is -2.31. The molecular weight excluding hydrogens is 272 g/mol. The van der Waals surface area contributed by atoms with Crippen LogP contribution in [-0.4, -0.2) is 19.8 Å². The van der Waals surface area contributed by atoms with E-state index < -0.39 is 8.07 Å². The molecule has 0 N–H and O–H groups in total. The summed E-state index contributed by atoms with van der Waals surface area (Å²) in [7, 11) is -1.31. The molecule has 2 atom stereocenters. The van der Waals surface area contributed by atoms with Gasteiger partial charge in [-0.15, -0.1) is 5.54 Å². The molecule has 0 aromatic carbocycles. The zero-order valence-corrected chi connectivity index (χ0v) is 15.4. The third-order valence-corrected chi connectivity index (χ3v) is 5.53. The quantitative estimate of drug-likeness (QED) is 0.389. The normalized spacial score (nSPS) is 28.8. The molecule has 0 radical (unpaired) electrons. The predicted molar refractivity (Wildman–Crippen MR) is 94.0 cm³/mol. The van der Waals surface area contributed by atoms with Crippen LogP contribution in [0.3, 0.4) is 0 Å². The van der Waals surface area contributed by atoms with E-state index in [9.17, 15) is 0 Å². The summed E-state index contributed by atoms with van der Waals surface area (Å²) in [5, 5.41) is 0.